The van der Waals surface area contributed by atoms with Gasteiger partial charge in [0.25, 0.3) is 0 Å². The second-order valence-electron chi connectivity index (χ2n) is 5.14. The summed E-state index contributed by atoms with van der Waals surface area (Å²) in [5.74, 6) is -0.396. The van der Waals surface area contributed by atoms with Gasteiger partial charge in [-0.3, -0.25) is 15.6 Å². The number of aryl methyl sites for hydroxylation is 2. The van der Waals surface area contributed by atoms with Gasteiger partial charge in [0.05, 0.1) is 11.4 Å². The molecule has 2 rings (SSSR count). The Balaban J connectivity index is 1.75. The molecule has 126 valence electrons. The van der Waals surface area contributed by atoms with Gasteiger partial charge in [0.2, 0.25) is 5.91 Å². The van der Waals surface area contributed by atoms with E-state index in [9.17, 15) is 9.18 Å². The van der Waals surface area contributed by atoms with Gasteiger partial charge in [-0.1, -0.05) is 18.2 Å². The first kappa shape index (κ1) is 18.2. The minimum Gasteiger partial charge on any atom is -0.329 e. The molecule has 0 bridgehead atoms. The van der Waals surface area contributed by atoms with Crippen LogP contribution in [0.25, 0.3) is 0 Å². The first-order valence-corrected chi connectivity index (χ1v) is 8.65. The number of hydrazine groups is 1. The highest BCUT2D eigenvalue weighted by atomic mass is 32.2. The number of thiocarbonyl (C=S) groups is 1. The number of amides is 1. The molecule has 0 aliphatic heterocycles. The van der Waals surface area contributed by atoms with E-state index in [1.54, 1.807) is 18.2 Å². The number of rotatable bonds is 4. The summed E-state index contributed by atoms with van der Waals surface area (Å²) < 4.78 is 13.5. The largest absolute Gasteiger partial charge is 0.329 e. The molecule has 0 aliphatic carbocycles. The third-order valence-electron chi connectivity index (χ3n) is 3.29. The van der Waals surface area contributed by atoms with Crippen molar-refractivity contribution in [3.63, 3.8) is 0 Å². The van der Waals surface area contributed by atoms with Gasteiger partial charge in [-0.05, 0) is 61.5 Å². The molecule has 2 aromatic carbocycles. The number of carbonyl (C=O) groups is 1. The number of benzene rings is 2. The summed E-state index contributed by atoms with van der Waals surface area (Å²) in [6.07, 6.45) is 0. The van der Waals surface area contributed by atoms with Crippen LogP contribution in [-0.4, -0.2) is 16.8 Å². The highest BCUT2D eigenvalue weighted by Gasteiger charge is 2.06. The van der Waals surface area contributed by atoms with Gasteiger partial charge in [0.15, 0.2) is 5.11 Å². The van der Waals surface area contributed by atoms with Crippen molar-refractivity contribution in [2.45, 2.75) is 18.7 Å². The maximum atomic E-state index is 13.5. The van der Waals surface area contributed by atoms with E-state index in [4.69, 9.17) is 12.2 Å². The van der Waals surface area contributed by atoms with E-state index in [-0.39, 0.29) is 22.5 Å². The highest BCUT2D eigenvalue weighted by molar-refractivity contribution is 8.00. The summed E-state index contributed by atoms with van der Waals surface area (Å²) in [5.41, 5.74) is 7.69. The summed E-state index contributed by atoms with van der Waals surface area (Å²) in [6, 6.07) is 12.2. The number of anilines is 1. The van der Waals surface area contributed by atoms with E-state index < -0.39 is 5.82 Å². The van der Waals surface area contributed by atoms with Crippen LogP contribution in [0.5, 0.6) is 0 Å². The van der Waals surface area contributed by atoms with Crippen molar-refractivity contribution in [2.24, 2.45) is 0 Å². The van der Waals surface area contributed by atoms with Gasteiger partial charge in [-0.15, -0.1) is 11.8 Å². The Morgan fingerprint density at radius 1 is 1.12 bits per heavy atom. The van der Waals surface area contributed by atoms with Crippen LogP contribution in [0.1, 0.15) is 11.1 Å². The molecule has 0 fully saturated rings. The van der Waals surface area contributed by atoms with E-state index in [0.717, 1.165) is 4.90 Å². The zero-order valence-corrected chi connectivity index (χ0v) is 15.0. The van der Waals surface area contributed by atoms with Crippen molar-refractivity contribution in [3.8, 4) is 0 Å². The number of carbonyl (C=O) groups excluding carboxylic acids is 1. The molecule has 0 aliphatic rings. The normalized spacial score (nSPS) is 10.1. The molecule has 3 N–H and O–H groups in total. The fourth-order valence-corrected chi connectivity index (χ4v) is 2.79. The SMILES string of the molecule is Cc1ccc(SCC(=O)NNC(=S)Nc2ccccc2F)cc1C. The Bertz CT molecular complexity index is 752. The van der Waals surface area contributed by atoms with Crippen LogP contribution in [0, 0.1) is 19.7 Å². The van der Waals surface area contributed by atoms with Crippen molar-refractivity contribution in [2.75, 3.05) is 11.1 Å². The Hall–Kier alpha value is -2.12. The number of hydrogen-bond acceptors (Lipinski definition) is 3. The smallest absolute Gasteiger partial charge is 0.248 e. The number of hydrogen-bond donors (Lipinski definition) is 3. The summed E-state index contributed by atoms with van der Waals surface area (Å²) in [6.45, 7) is 4.08. The number of nitrogens with one attached hydrogen (secondary N) is 3. The lowest BCUT2D eigenvalue weighted by atomic mass is 10.1. The number of para-hydroxylation sites is 1. The van der Waals surface area contributed by atoms with Crippen molar-refractivity contribution >= 4 is 40.7 Å². The van der Waals surface area contributed by atoms with Crippen LogP contribution in [0.3, 0.4) is 0 Å². The topological polar surface area (TPSA) is 53.2 Å². The van der Waals surface area contributed by atoms with Crippen LogP contribution < -0.4 is 16.2 Å². The van der Waals surface area contributed by atoms with E-state index in [1.807, 2.05) is 32.0 Å². The summed E-state index contributed by atoms with van der Waals surface area (Å²) in [4.78, 5) is 12.9. The maximum Gasteiger partial charge on any atom is 0.248 e. The third kappa shape index (κ3) is 5.50. The van der Waals surface area contributed by atoms with Crippen LogP contribution >= 0.6 is 24.0 Å². The molecule has 0 atom stereocenters. The van der Waals surface area contributed by atoms with Gasteiger partial charge in [0, 0.05) is 4.90 Å². The molecule has 0 heterocycles. The molecule has 0 spiro atoms. The zero-order valence-electron chi connectivity index (χ0n) is 13.4. The Kier molecular flexibility index (Phi) is 6.57. The molecular formula is C17H18FN3OS2. The fraction of sp³-hybridized carbons (Fsp3) is 0.176. The molecule has 0 saturated heterocycles. The van der Waals surface area contributed by atoms with E-state index in [2.05, 4.69) is 16.2 Å². The average Bonchev–Trinajstić information content (AvgIpc) is 2.56. The average molecular weight is 363 g/mol. The predicted octanol–water partition coefficient (Wildman–Crippen LogP) is 3.55. The molecule has 0 radical (unpaired) electrons. The minimum atomic E-state index is -0.418. The lowest BCUT2D eigenvalue weighted by Crippen LogP contribution is -2.44. The fourth-order valence-electron chi connectivity index (χ4n) is 1.83. The van der Waals surface area contributed by atoms with E-state index in [1.165, 1.54) is 29.0 Å². The molecule has 24 heavy (non-hydrogen) atoms. The molecule has 0 aromatic heterocycles. The predicted molar refractivity (Wildman–Crippen MR) is 101 cm³/mol. The van der Waals surface area contributed by atoms with Gasteiger partial charge < -0.3 is 5.32 Å². The zero-order chi connectivity index (χ0) is 17.5. The third-order valence-corrected chi connectivity index (χ3v) is 4.48. The first-order valence-electron chi connectivity index (χ1n) is 7.26. The number of halogens is 1. The van der Waals surface area contributed by atoms with Gasteiger partial charge >= 0.3 is 0 Å². The quantitative estimate of drug-likeness (QED) is 0.441. The second kappa shape index (κ2) is 8.65. The first-order chi connectivity index (χ1) is 11.5. The lowest BCUT2D eigenvalue weighted by Gasteiger charge is -2.12. The van der Waals surface area contributed by atoms with Crippen LogP contribution in [0.2, 0.25) is 0 Å². The van der Waals surface area contributed by atoms with E-state index >= 15 is 0 Å². The summed E-state index contributed by atoms with van der Waals surface area (Å²) in [7, 11) is 0. The molecule has 4 nitrogen and oxygen atoms in total. The Morgan fingerprint density at radius 3 is 2.58 bits per heavy atom. The summed E-state index contributed by atoms with van der Waals surface area (Å²) >= 11 is 6.45. The highest BCUT2D eigenvalue weighted by Crippen LogP contribution is 2.20. The van der Waals surface area contributed by atoms with Crippen molar-refractivity contribution < 1.29 is 9.18 Å². The molecule has 7 heteroatoms. The van der Waals surface area contributed by atoms with Crippen molar-refractivity contribution in [3.05, 3.63) is 59.4 Å². The van der Waals surface area contributed by atoms with Crippen LogP contribution in [0.15, 0.2) is 47.4 Å². The number of thioether (sulfide) groups is 1. The monoisotopic (exact) mass is 363 g/mol. The standard InChI is InChI=1S/C17H18FN3OS2/c1-11-7-8-13(9-12(11)2)24-10-16(22)20-21-17(23)19-15-6-4-3-5-14(15)18/h3-9H,10H2,1-2H3,(H,20,22)(H2,19,21,23). The van der Waals surface area contributed by atoms with Crippen molar-refractivity contribution in [1.29, 1.82) is 0 Å². The Morgan fingerprint density at radius 2 is 1.88 bits per heavy atom. The van der Waals surface area contributed by atoms with Crippen LogP contribution in [-0.2, 0) is 4.79 Å². The molecular weight excluding hydrogens is 345 g/mol. The molecule has 2 aromatic rings. The van der Waals surface area contributed by atoms with Gasteiger partial charge in [-0.25, -0.2) is 4.39 Å². The lowest BCUT2D eigenvalue weighted by molar-refractivity contribution is -0.119. The Labute approximate surface area is 150 Å². The molecule has 0 saturated carbocycles. The maximum absolute atomic E-state index is 13.5. The van der Waals surface area contributed by atoms with Gasteiger partial charge in [-0.2, -0.15) is 0 Å². The van der Waals surface area contributed by atoms with Crippen LogP contribution in [0.4, 0.5) is 10.1 Å². The van der Waals surface area contributed by atoms with Crippen molar-refractivity contribution in [1.82, 2.24) is 10.9 Å². The van der Waals surface area contributed by atoms with E-state index in [0.29, 0.717) is 0 Å². The summed E-state index contributed by atoms with van der Waals surface area (Å²) in [5, 5.41) is 2.79. The second-order valence-corrected chi connectivity index (χ2v) is 6.60. The molecule has 0 unspecified atom stereocenters. The van der Waals surface area contributed by atoms with Gasteiger partial charge in [0.1, 0.15) is 5.82 Å². The minimum absolute atomic E-state index is 0.115. The molecule has 1 amide bonds.